The number of allylic oxidation sites excluding steroid dienone is 2. The number of aliphatic hydroxyl groups is 1. The highest BCUT2D eigenvalue weighted by atomic mass is 16.5. The van der Waals surface area contributed by atoms with Gasteiger partial charge in [0.1, 0.15) is 5.75 Å². The molecule has 4 rings (SSSR count). The molecule has 2 aliphatic heterocycles. The number of methoxy groups -OCH3 is 1. The molecule has 0 saturated carbocycles. The lowest BCUT2D eigenvalue weighted by molar-refractivity contribution is -0.135. The molecule has 2 aliphatic rings. The van der Waals surface area contributed by atoms with Crippen LogP contribution >= 0.6 is 0 Å². The van der Waals surface area contributed by atoms with Gasteiger partial charge in [-0.05, 0) is 73.5 Å². The van der Waals surface area contributed by atoms with Crippen molar-refractivity contribution in [3.8, 4) is 16.9 Å². The maximum Gasteiger partial charge on any atom is 0.227 e. The number of rotatable bonds is 8. The van der Waals surface area contributed by atoms with Crippen molar-refractivity contribution < 1.29 is 14.6 Å². The van der Waals surface area contributed by atoms with Crippen molar-refractivity contribution in [1.82, 2.24) is 9.80 Å². The highest BCUT2D eigenvalue weighted by molar-refractivity contribution is 5.79. The summed E-state index contributed by atoms with van der Waals surface area (Å²) in [7, 11) is 1.68. The van der Waals surface area contributed by atoms with Crippen LogP contribution in [0, 0.1) is 0 Å². The van der Waals surface area contributed by atoms with Gasteiger partial charge in [0.05, 0.1) is 20.1 Å². The minimum absolute atomic E-state index is 0.0837. The Morgan fingerprint density at radius 3 is 2.64 bits per heavy atom. The Hall–Kier alpha value is -3.22. The van der Waals surface area contributed by atoms with Crippen molar-refractivity contribution >= 4 is 12.6 Å². The Labute approximate surface area is 214 Å². The summed E-state index contributed by atoms with van der Waals surface area (Å²) in [6.07, 6.45) is 7.78. The van der Waals surface area contributed by atoms with Crippen molar-refractivity contribution in [3.05, 3.63) is 78.0 Å². The lowest BCUT2D eigenvalue weighted by Crippen LogP contribution is -2.67. The lowest BCUT2D eigenvalue weighted by Gasteiger charge is -2.57. The number of hydrogen-bond acceptors (Lipinski definition) is 5. The molecule has 2 aromatic carbocycles. The molecule has 2 fully saturated rings. The first-order valence-electron chi connectivity index (χ1n) is 12.8. The number of ether oxygens (including phenoxy) is 1. The molecule has 2 heterocycles. The zero-order valence-corrected chi connectivity index (χ0v) is 21.3. The van der Waals surface area contributed by atoms with E-state index in [1.807, 2.05) is 42.2 Å². The average molecular weight is 488 g/mol. The molecule has 1 N–H and O–H groups in total. The molecule has 2 aromatic rings. The number of carbonyl (C=O) groups is 1. The number of benzene rings is 2. The maximum absolute atomic E-state index is 13.2. The molecule has 0 spiro atoms. The van der Waals surface area contributed by atoms with Crippen LogP contribution in [0.15, 0.2) is 77.4 Å². The molecule has 0 bridgehead atoms. The summed E-state index contributed by atoms with van der Waals surface area (Å²) in [6.45, 7) is 7.95. The Morgan fingerprint density at radius 2 is 1.94 bits per heavy atom. The van der Waals surface area contributed by atoms with Crippen molar-refractivity contribution in [2.24, 2.45) is 4.99 Å². The molecule has 0 aliphatic carbocycles. The number of aliphatic imine (C=N–C) groups is 1. The summed E-state index contributed by atoms with van der Waals surface area (Å²) in [5.41, 5.74) is 4.39. The van der Waals surface area contributed by atoms with E-state index < -0.39 is 0 Å². The number of nitrogens with zero attached hydrogens (tertiary/aromatic N) is 3. The largest absolute Gasteiger partial charge is 0.497 e. The number of fused-ring (bicyclic) bond motifs is 1. The van der Waals surface area contributed by atoms with E-state index in [0.29, 0.717) is 13.0 Å². The summed E-state index contributed by atoms with van der Waals surface area (Å²) in [6, 6.07) is 17.0. The highest BCUT2D eigenvalue weighted by Crippen LogP contribution is 2.42. The van der Waals surface area contributed by atoms with Crippen molar-refractivity contribution in [2.75, 3.05) is 33.4 Å². The first-order valence-corrected chi connectivity index (χ1v) is 12.8. The van der Waals surface area contributed by atoms with E-state index in [-0.39, 0.29) is 30.5 Å². The normalized spacial score (nSPS) is 22.9. The topological polar surface area (TPSA) is 65.4 Å². The Balaban J connectivity index is 1.53. The molecular formula is C30H37N3O3. The van der Waals surface area contributed by atoms with E-state index in [0.717, 1.165) is 48.4 Å². The minimum Gasteiger partial charge on any atom is -0.497 e. The van der Waals surface area contributed by atoms with Gasteiger partial charge in [-0.25, -0.2) is 0 Å². The van der Waals surface area contributed by atoms with Crippen LogP contribution in [0.1, 0.15) is 37.7 Å². The van der Waals surface area contributed by atoms with E-state index in [1.165, 1.54) is 5.56 Å². The molecule has 2 saturated heterocycles. The van der Waals surface area contributed by atoms with Gasteiger partial charge in [-0.1, -0.05) is 42.5 Å². The highest BCUT2D eigenvalue weighted by Gasteiger charge is 2.49. The summed E-state index contributed by atoms with van der Waals surface area (Å²) in [5.74, 6) is 1.16. The second-order valence-electron chi connectivity index (χ2n) is 9.52. The fourth-order valence-electron chi connectivity index (χ4n) is 5.56. The summed E-state index contributed by atoms with van der Waals surface area (Å²) in [4.78, 5) is 21.4. The van der Waals surface area contributed by atoms with Crippen LogP contribution in [-0.2, 0) is 4.79 Å². The molecule has 3 atom stereocenters. The van der Waals surface area contributed by atoms with Crippen LogP contribution in [0.25, 0.3) is 11.1 Å². The van der Waals surface area contributed by atoms with Gasteiger partial charge in [0.15, 0.2) is 0 Å². The Kier molecular flexibility index (Phi) is 8.73. The van der Waals surface area contributed by atoms with Gasteiger partial charge in [-0.15, -0.1) is 0 Å². The zero-order valence-electron chi connectivity index (χ0n) is 21.3. The lowest BCUT2D eigenvalue weighted by atomic mass is 9.74. The van der Waals surface area contributed by atoms with E-state index in [4.69, 9.17) is 4.74 Å². The fraction of sp³-hybridized carbons (Fsp3) is 0.400. The van der Waals surface area contributed by atoms with Gasteiger partial charge in [-0.3, -0.25) is 14.7 Å². The molecule has 6 nitrogen and oxygen atoms in total. The Morgan fingerprint density at radius 1 is 1.17 bits per heavy atom. The molecular weight excluding hydrogens is 450 g/mol. The summed E-state index contributed by atoms with van der Waals surface area (Å²) >= 11 is 0. The second-order valence-corrected chi connectivity index (χ2v) is 9.52. The SMILES string of the molecule is C=N/C=C\C(=C/C)CC(=O)N1CCCCN2[C@H](CO)[C@@H](c3ccc(-c4cccc(OC)c4)cc3)[C@@H]2C1. The van der Waals surface area contributed by atoms with Crippen LogP contribution in [0.4, 0.5) is 0 Å². The second kappa shape index (κ2) is 12.2. The smallest absolute Gasteiger partial charge is 0.227 e. The van der Waals surface area contributed by atoms with Crippen LogP contribution in [0.3, 0.4) is 0 Å². The number of hydrogen-bond donors (Lipinski definition) is 1. The van der Waals surface area contributed by atoms with Crippen molar-refractivity contribution in [3.63, 3.8) is 0 Å². The third kappa shape index (κ3) is 5.61. The first-order chi connectivity index (χ1) is 17.6. The quantitative estimate of drug-likeness (QED) is 0.434. The van der Waals surface area contributed by atoms with Crippen LogP contribution in [-0.4, -0.2) is 73.0 Å². The van der Waals surface area contributed by atoms with Gasteiger partial charge in [0.2, 0.25) is 5.91 Å². The minimum atomic E-state index is 0.0837. The number of carbonyl (C=O) groups excluding carboxylic acids is 1. The standard InChI is InChI=1S/C30H37N3O3/c1-4-22(14-15-31-2)18-29(35)32-16-5-6-17-33-27(20-32)30(28(33)21-34)24-12-10-23(11-13-24)25-8-7-9-26(19-25)36-3/h4,7-15,19,27-28,30,34H,2,5-6,16-18,20-21H2,1,3H3/b15-14-,22-4+/t27-,28+,30-/m0/s1. The molecule has 0 aromatic heterocycles. The Bertz CT molecular complexity index is 1110. The number of aliphatic hydroxyl groups excluding tert-OH is 1. The van der Waals surface area contributed by atoms with Gasteiger partial charge in [0.25, 0.3) is 0 Å². The number of amides is 1. The van der Waals surface area contributed by atoms with Crippen LogP contribution in [0.5, 0.6) is 5.75 Å². The third-order valence-electron chi connectivity index (χ3n) is 7.54. The van der Waals surface area contributed by atoms with E-state index in [2.05, 4.69) is 46.9 Å². The van der Waals surface area contributed by atoms with Gasteiger partial charge < -0.3 is 14.7 Å². The molecule has 0 unspecified atom stereocenters. The third-order valence-corrected chi connectivity index (χ3v) is 7.54. The van der Waals surface area contributed by atoms with E-state index >= 15 is 0 Å². The first kappa shape index (κ1) is 25.9. The molecule has 36 heavy (non-hydrogen) atoms. The summed E-state index contributed by atoms with van der Waals surface area (Å²) in [5, 5.41) is 10.3. The molecule has 0 radical (unpaired) electrons. The van der Waals surface area contributed by atoms with Gasteiger partial charge in [-0.2, -0.15) is 0 Å². The summed E-state index contributed by atoms with van der Waals surface area (Å²) < 4.78 is 5.37. The van der Waals surface area contributed by atoms with Crippen LogP contribution < -0.4 is 4.74 Å². The predicted molar refractivity (Wildman–Crippen MR) is 145 cm³/mol. The zero-order chi connectivity index (χ0) is 25.5. The predicted octanol–water partition coefficient (Wildman–Crippen LogP) is 4.66. The molecule has 190 valence electrons. The van der Waals surface area contributed by atoms with E-state index in [9.17, 15) is 9.90 Å². The fourth-order valence-corrected chi connectivity index (χ4v) is 5.56. The van der Waals surface area contributed by atoms with Crippen molar-refractivity contribution in [1.29, 1.82) is 0 Å². The van der Waals surface area contributed by atoms with E-state index in [1.54, 1.807) is 13.3 Å². The van der Waals surface area contributed by atoms with Gasteiger partial charge in [0, 0.05) is 37.3 Å². The van der Waals surface area contributed by atoms with Crippen LogP contribution in [0.2, 0.25) is 0 Å². The van der Waals surface area contributed by atoms with Crippen molar-refractivity contribution in [2.45, 2.75) is 44.2 Å². The maximum atomic E-state index is 13.2. The average Bonchev–Trinajstić information content (AvgIpc) is 2.90. The van der Waals surface area contributed by atoms with Gasteiger partial charge >= 0.3 is 0 Å². The molecule has 6 heteroatoms. The monoisotopic (exact) mass is 487 g/mol. The molecule has 1 amide bonds.